The van der Waals surface area contributed by atoms with Crippen molar-refractivity contribution < 1.29 is 19.1 Å². The topological polar surface area (TPSA) is 123 Å². The highest BCUT2D eigenvalue weighted by molar-refractivity contribution is 6.06. The minimum absolute atomic E-state index is 0.0492. The van der Waals surface area contributed by atoms with Gasteiger partial charge in [0.1, 0.15) is 23.1 Å². The summed E-state index contributed by atoms with van der Waals surface area (Å²) >= 11 is 0. The van der Waals surface area contributed by atoms with Crippen LogP contribution in [0.1, 0.15) is 40.2 Å². The lowest BCUT2D eigenvalue weighted by Gasteiger charge is -2.30. The molecule has 1 fully saturated rings. The summed E-state index contributed by atoms with van der Waals surface area (Å²) in [5.41, 5.74) is 3.05. The molecule has 11 heteroatoms. The van der Waals surface area contributed by atoms with Crippen LogP contribution in [-0.2, 0) is 30.7 Å². The number of fused-ring (bicyclic) bond motifs is 2. The van der Waals surface area contributed by atoms with E-state index in [9.17, 15) is 9.59 Å². The number of aromatic nitrogens is 4. The molecule has 0 bridgehead atoms. The first-order valence-corrected chi connectivity index (χ1v) is 12.6. The second-order valence-electron chi connectivity index (χ2n) is 9.56. The molecule has 0 radical (unpaired) electrons. The van der Waals surface area contributed by atoms with Gasteiger partial charge in [0.2, 0.25) is 0 Å². The van der Waals surface area contributed by atoms with Crippen molar-refractivity contribution in [2.75, 3.05) is 32.2 Å². The summed E-state index contributed by atoms with van der Waals surface area (Å²) in [5, 5.41) is 14.5. The van der Waals surface area contributed by atoms with E-state index in [4.69, 9.17) is 9.47 Å². The molecule has 5 heterocycles. The SMILES string of the molecule is COc1cc2c(cc1C(=O)Nc1cccc(-c3nnc4n3CCC4)n1)CN(C(=O)NC1CCOC1)CC2. The number of anilines is 1. The van der Waals surface area contributed by atoms with Crippen LogP contribution in [-0.4, -0.2) is 69.5 Å². The Hall–Kier alpha value is -3.99. The smallest absolute Gasteiger partial charge is 0.318 e. The molecule has 3 aromatic rings. The molecule has 2 N–H and O–H groups in total. The molecule has 3 aliphatic heterocycles. The van der Waals surface area contributed by atoms with Crippen molar-refractivity contribution >= 4 is 17.8 Å². The van der Waals surface area contributed by atoms with E-state index < -0.39 is 0 Å². The fourth-order valence-electron chi connectivity index (χ4n) is 5.17. The average molecular weight is 504 g/mol. The number of ether oxygens (including phenoxy) is 2. The van der Waals surface area contributed by atoms with Gasteiger partial charge < -0.3 is 29.6 Å². The molecule has 2 aromatic heterocycles. The monoisotopic (exact) mass is 503 g/mol. The second-order valence-corrected chi connectivity index (χ2v) is 9.56. The van der Waals surface area contributed by atoms with E-state index in [-0.39, 0.29) is 18.0 Å². The number of pyridine rings is 1. The van der Waals surface area contributed by atoms with E-state index in [0.29, 0.717) is 61.4 Å². The molecular formula is C26H29N7O4. The zero-order valence-electron chi connectivity index (χ0n) is 20.7. The van der Waals surface area contributed by atoms with E-state index in [2.05, 4.69) is 30.4 Å². The van der Waals surface area contributed by atoms with E-state index in [1.807, 2.05) is 24.3 Å². The number of hydrogen-bond donors (Lipinski definition) is 2. The van der Waals surface area contributed by atoms with Crippen LogP contribution in [0, 0.1) is 0 Å². The Morgan fingerprint density at radius 1 is 1.14 bits per heavy atom. The standard InChI is InChI=1S/C26H29N7O4/c1-36-21-13-16-7-10-32(26(35)27-18-8-11-37-15-18)14-17(16)12-19(21)25(34)29-22-5-2-4-20(28-22)24-31-30-23-6-3-9-33(23)24/h2,4-5,12-13,18H,3,6-11,14-15H2,1H3,(H,27,35)(H,28,29,34). The molecule has 1 saturated heterocycles. The van der Waals surface area contributed by atoms with Crippen LogP contribution >= 0.6 is 0 Å². The predicted molar refractivity (Wildman–Crippen MR) is 134 cm³/mol. The van der Waals surface area contributed by atoms with Gasteiger partial charge in [-0.2, -0.15) is 0 Å². The van der Waals surface area contributed by atoms with Gasteiger partial charge in [0.05, 0.1) is 25.3 Å². The van der Waals surface area contributed by atoms with Gasteiger partial charge >= 0.3 is 6.03 Å². The van der Waals surface area contributed by atoms with Crippen molar-refractivity contribution in [3.8, 4) is 17.3 Å². The first kappa shape index (κ1) is 23.4. The number of hydrogen-bond acceptors (Lipinski definition) is 7. The number of nitrogens with zero attached hydrogens (tertiary/aromatic N) is 5. The van der Waals surface area contributed by atoms with E-state index >= 15 is 0 Å². The van der Waals surface area contributed by atoms with Crippen molar-refractivity contribution in [2.45, 2.75) is 44.8 Å². The molecule has 3 aliphatic rings. The summed E-state index contributed by atoms with van der Waals surface area (Å²) in [7, 11) is 1.55. The van der Waals surface area contributed by atoms with Crippen LogP contribution in [0.5, 0.6) is 5.75 Å². The Kier molecular flexibility index (Phi) is 6.21. The second kappa shape index (κ2) is 9.81. The van der Waals surface area contributed by atoms with Crippen molar-refractivity contribution in [1.29, 1.82) is 0 Å². The molecule has 1 unspecified atom stereocenters. The van der Waals surface area contributed by atoms with E-state index in [1.165, 1.54) is 0 Å². The number of nitrogens with one attached hydrogen (secondary N) is 2. The van der Waals surface area contributed by atoms with Crippen LogP contribution in [0.3, 0.4) is 0 Å². The Balaban J connectivity index is 1.20. The summed E-state index contributed by atoms with van der Waals surface area (Å²) in [6.45, 7) is 3.11. The van der Waals surface area contributed by atoms with Crippen molar-refractivity contribution in [2.24, 2.45) is 0 Å². The van der Waals surface area contributed by atoms with Gasteiger partial charge in [-0.25, -0.2) is 9.78 Å². The average Bonchev–Trinajstić information content (AvgIpc) is 3.67. The Bertz CT molecular complexity index is 1350. The minimum atomic E-state index is -0.333. The molecule has 6 rings (SSSR count). The van der Waals surface area contributed by atoms with Crippen molar-refractivity contribution in [3.63, 3.8) is 0 Å². The number of rotatable bonds is 5. The summed E-state index contributed by atoms with van der Waals surface area (Å²) in [4.78, 5) is 32.5. The van der Waals surface area contributed by atoms with Crippen LogP contribution in [0.25, 0.3) is 11.5 Å². The lowest BCUT2D eigenvalue weighted by molar-refractivity contribution is 0.102. The van der Waals surface area contributed by atoms with Crippen LogP contribution in [0.4, 0.5) is 10.6 Å². The molecule has 192 valence electrons. The summed E-state index contributed by atoms with van der Waals surface area (Å²) in [5.74, 6) is 2.24. The highest BCUT2D eigenvalue weighted by atomic mass is 16.5. The van der Waals surface area contributed by atoms with Gasteiger partial charge in [-0.1, -0.05) is 6.07 Å². The Morgan fingerprint density at radius 3 is 2.89 bits per heavy atom. The number of carbonyl (C=O) groups excluding carboxylic acids is 2. The molecule has 1 aromatic carbocycles. The Morgan fingerprint density at radius 2 is 2.05 bits per heavy atom. The van der Waals surface area contributed by atoms with Gasteiger partial charge in [0, 0.05) is 32.7 Å². The fraction of sp³-hybridized carbons (Fsp3) is 0.423. The van der Waals surface area contributed by atoms with Crippen LogP contribution in [0.2, 0.25) is 0 Å². The molecule has 0 spiro atoms. The maximum atomic E-state index is 13.3. The third-order valence-electron chi connectivity index (χ3n) is 7.15. The highest BCUT2D eigenvalue weighted by Crippen LogP contribution is 2.29. The normalized spacial score (nSPS) is 18.3. The van der Waals surface area contributed by atoms with Gasteiger partial charge in [-0.15, -0.1) is 10.2 Å². The molecular weight excluding hydrogens is 474 g/mol. The molecule has 3 amide bonds. The maximum Gasteiger partial charge on any atom is 0.318 e. The molecule has 0 aliphatic carbocycles. The Labute approximate surface area is 214 Å². The minimum Gasteiger partial charge on any atom is -0.496 e. The molecule has 37 heavy (non-hydrogen) atoms. The van der Waals surface area contributed by atoms with Crippen LogP contribution in [0.15, 0.2) is 30.3 Å². The lowest BCUT2D eigenvalue weighted by atomic mass is 9.96. The van der Waals surface area contributed by atoms with Crippen molar-refractivity contribution in [3.05, 3.63) is 52.8 Å². The maximum absolute atomic E-state index is 13.3. The number of aryl methyl sites for hydroxylation is 1. The summed E-state index contributed by atoms with van der Waals surface area (Å²) in [6.07, 6.45) is 3.47. The largest absolute Gasteiger partial charge is 0.496 e. The fourth-order valence-corrected chi connectivity index (χ4v) is 5.17. The number of benzene rings is 1. The molecule has 11 nitrogen and oxygen atoms in total. The van der Waals surface area contributed by atoms with E-state index in [0.717, 1.165) is 42.8 Å². The van der Waals surface area contributed by atoms with Gasteiger partial charge in [0.15, 0.2) is 5.82 Å². The lowest BCUT2D eigenvalue weighted by Crippen LogP contribution is -2.46. The number of carbonyl (C=O) groups is 2. The third-order valence-corrected chi connectivity index (χ3v) is 7.15. The number of methoxy groups -OCH3 is 1. The predicted octanol–water partition coefficient (Wildman–Crippen LogP) is 2.40. The molecule has 0 saturated carbocycles. The zero-order chi connectivity index (χ0) is 25.4. The van der Waals surface area contributed by atoms with Crippen molar-refractivity contribution in [1.82, 2.24) is 30.0 Å². The molecule has 1 atom stereocenters. The third kappa shape index (κ3) is 4.62. The number of amides is 3. The van der Waals surface area contributed by atoms with Gasteiger partial charge in [-0.3, -0.25) is 4.79 Å². The summed E-state index contributed by atoms with van der Waals surface area (Å²) < 4.78 is 13.0. The van der Waals surface area contributed by atoms with Crippen LogP contribution < -0.4 is 15.4 Å². The first-order valence-electron chi connectivity index (χ1n) is 12.6. The first-order chi connectivity index (χ1) is 18.1. The zero-order valence-corrected chi connectivity index (χ0v) is 20.7. The number of urea groups is 1. The quantitative estimate of drug-likeness (QED) is 0.548. The summed E-state index contributed by atoms with van der Waals surface area (Å²) in [6, 6.07) is 9.10. The highest BCUT2D eigenvalue weighted by Gasteiger charge is 2.27. The van der Waals surface area contributed by atoms with Gasteiger partial charge in [0.25, 0.3) is 5.91 Å². The van der Waals surface area contributed by atoms with E-state index in [1.54, 1.807) is 18.1 Å². The van der Waals surface area contributed by atoms with Gasteiger partial charge in [-0.05, 0) is 54.7 Å².